The van der Waals surface area contributed by atoms with Crippen LogP contribution in [0.4, 0.5) is 0 Å². The van der Waals surface area contributed by atoms with E-state index in [0.717, 1.165) is 31.4 Å². The van der Waals surface area contributed by atoms with Crippen molar-refractivity contribution in [3.05, 3.63) is 35.4 Å². The molecule has 1 aromatic carbocycles. The van der Waals surface area contributed by atoms with Crippen LogP contribution in [0.3, 0.4) is 0 Å². The number of carbonyl (C=O) groups excluding carboxylic acids is 1. The Morgan fingerprint density at radius 3 is 2.45 bits per heavy atom. The lowest BCUT2D eigenvalue weighted by molar-refractivity contribution is -0.121. The number of hydrogen-bond donors (Lipinski definition) is 1. The SMILES string of the molecule is CNCC(C)(C)CCCC(C)(C(=O)CBr)c1cccc(C)c1. The maximum absolute atomic E-state index is 12.6. The van der Waals surface area contributed by atoms with E-state index in [0.29, 0.717) is 5.33 Å². The van der Waals surface area contributed by atoms with Gasteiger partial charge in [-0.3, -0.25) is 4.79 Å². The molecule has 124 valence electrons. The number of aryl methyl sites for hydroxylation is 1. The van der Waals surface area contributed by atoms with E-state index in [2.05, 4.69) is 73.2 Å². The van der Waals surface area contributed by atoms with Crippen LogP contribution in [-0.4, -0.2) is 24.7 Å². The Labute approximate surface area is 144 Å². The van der Waals surface area contributed by atoms with E-state index in [4.69, 9.17) is 0 Å². The van der Waals surface area contributed by atoms with Crippen molar-refractivity contribution in [2.24, 2.45) is 5.41 Å². The van der Waals surface area contributed by atoms with Crippen LogP contribution in [0.15, 0.2) is 24.3 Å². The van der Waals surface area contributed by atoms with Gasteiger partial charge >= 0.3 is 0 Å². The average Bonchev–Trinajstić information content (AvgIpc) is 2.45. The van der Waals surface area contributed by atoms with Gasteiger partial charge in [-0.2, -0.15) is 0 Å². The number of halogens is 1. The van der Waals surface area contributed by atoms with Crippen molar-refractivity contribution in [1.82, 2.24) is 5.32 Å². The third-order valence-electron chi connectivity index (χ3n) is 4.58. The summed E-state index contributed by atoms with van der Waals surface area (Å²) >= 11 is 3.36. The molecule has 3 heteroatoms. The van der Waals surface area contributed by atoms with Gasteiger partial charge in [0.25, 0.3) is 0 Å². The van der Waals surface area contributed by atoms with Crippen molar-refractivity contribution in [2.45, 2.75) is 52.4 Å². The van der Waals surface area contributed by atoms with Crippen LogP contribution in [0.25, 0.3) is 0 Å². The van der Waals surface area contributed by atoms with Gasteiger partial charge in [0, 0.05) is 0 Å². The first-order chi connectivity index (χ1) is 10.2. The number of carbonyl (C=O) groups is 1. The summed E-state index contributed by atoms with van der Waals surface area (Å²) in [5.74, 6) is 0.268. The summed E-state index contributed by atoms with van der Waals surface area (Å²) in [5.41, 5.74) is 2.22. The summed E-state index contributed by atoms with van der Waals surface area (Å²) in [6, 6.07) is 8.37. The molecule has 0 aliphatic carbocycles. The molecule has 0 fully saturated rings. The molecule has 2 nitrogen and oxygen atoms in total. The number of ketones is 1. The van der Waals surface area contributed by atoms with Crippen molar-refractivity contribution in [3.63, 3.8) is 0 Å². The number of hydrogen-bond acceptors (Lipinski definition) is 2. The van der Waals surface area contributed by atoms with Crippen molar-refractivity contribution < 1.29 is 4.79 Å². The van der Waals surface area contributed by atoms with Crippen LogP contribution in [0.2, 0.25) is 0 Å². The van der Waals surface area contributed by atoms with Crippen molar-refractivity contribution in [3.8, 4) is 0 Å². The van der Waals surface area contributed by atoms with Gasteiger partial charge in [-0.25, -0.2) is 0 Å². The van der Waals surface area contributed by atoms with E-state index in [9.17, 15) is 4.79 Å². The molecule has 0 saturated heterocycles. The van der Waals surface area contributed by atoms with E-state index in [1.54, 1.807) is 0 Å². The Hall–Kier alpha value is -0.670. The zero-order valence-corrected chi connectivity index (χ0v) is 16.2. The number of alkyl halides is 1. The molecular formula is C19H30BrNO. The highest BCUT2D eigenvalue weighted by Crippen LogP contribution is 2.34. The summed E-state index contributed by atoms with van der Waals surface area (Å²) < 4.78 is 0. The highest BCUT2D eigenvalue weighted by Gasteiger charge is 2.34. The van der Waals surface area contributed by atoms with Crippen LogP contribution >= 0.6 is 15.9 Å². The highest BCUT2D eigenvalue weighted by atomic mass is 79.9. The van der Waals surface area contributed by atoms with E-state index >= 15 is 0 Å². The minimum absolute atomic E-state index is 0.264. The Kier molecular flexibility index (Phi) is 7.27. The van der Waals surface area contributed by atoms with E-state index in [1.165, 1.54) is 5.56 Å². The molecule has 1 N–H and O–H groups in total. The van der Waals surface area contributed by atoms with Gasteiger partial charge in [0.05, 0.1) is 10.7 Å². The van der Waals surface area contributed by atoms with Crippen LogP contribution in [0.5, 0.6) is 0 Å². The second-order valence-corrected chi connectivity index (χ2v) is 7.87. The molecule has 22 heavy (non-hydrogen) atoms. The maximum atomic E-state index is 12.6. The van der Waals surface area contributed by atoms with Gasteiger partial charge in [-0.05, 0) is 51.3 Å². The number of benzene rings is 1. The fourth-order valence-electron chi connectivity index (χ4n) is 3.07. The van der Waals surface area contributed by atoms with Gasteiger partial charge in [0.2, 0.25) is 0 Å². The lowest BCUT2D eigenvalue weighted by Gasteiger charge is -2.31. The van der Waals surface area contributed by atoms with Crippen molar-refractivity contribution in [1.29, 1.82) is 0 Å². The predicted octanol–water partition coefficient (Wildman–Crippen LogP) is 4.63. The number of Topliss-reactive ketones (excluding diaryl/α,β-unsaturated/α-hetero) is 1. The third kappa shape index (κ3) is 5.20. The summed E-state index contributed by atoms with van der Waals surface area (Å²) in [6.45, 7) is 9.73. The molecule has 0 aliphatic heterocycles. The Morgan fingerprint density at radius 2 is 1.91 bits per heavy atom. The standard InChI is InChI=1S/C19H30BrNO/c1-15-8-6-9-16(12-15)19(4,17(22)13-20)11-7-10-18(2,3)14-21-5/h6,8-9,12,21H,7,10-11,13-14H2,1-5H3. The Balaban J connectivity index is 2.88. The first-order valence-electron chi connectivity index (χ1n) is 8.06. The van der Waals surface area contributed by atoms with Gasteiger partial charge in [-0.1, -0.05) is 66.0 Å². The second-order valence-electron chi connectivity index (χ2n) is 7.31. The summed E-state index contributed by atoms with van der Waals surface area (Å²) in [6.07, 6.45) is 3.07. The Bertz CT molecular complexity index is 498. The molecule has 0 spiro atoms. The molecule has 0 saturated carbocycles. The van der Waals surface area contributed by atoms with Crippen LogP contribution < -0.4 is 5.32 Å². The lowest BCUT2D eigenvalue weighted by atomic mass is 9.73. The van der Waals surface area contributed by atoms with Crippen LogP contribution in [0.1, 0.15) is 51.2 Å². The minimum Gasteiger partial charge on any atom is -0.319 e. The highest BCUT2D eigenvalue weighted by molar-refractivity contribution is 9.09. The van der Waals surface area contributed by atoms with Crippen LogP contribution in [0, 0.1) is 12.3 Å². The summed E-state index contributed by atoms with van der Waals surface area (Å²) in [4.78, 5) is 12.6. The number of nitrogens with one attached hydrogen (secondary N) is 1. The molecule has 1 rings (SSSR count). The molecule has 0 aliphatic rings. The third-order valence-corrected chi connectivity index (χ3v) is 5.09. The van der Waals surface area contributed by atoms with Gasteiger partial charge in [0.15, 0.2) is 5.78 Å². The molecule has 0 heterocycles. The molecule has 1 aromatic rings. The van der Waals surface area contributed by atoms with Crippen LogP contribution in [-0.2, 0) is 10.2 Å². The van der Waals surface area contributed by atoms with Crippen molar-refractivity contribution in [2.75, 3.05) is 18.9 Å². The zero-order chi connectivity index (χ0) is 16.8. The molecule has 0 radical (unpaired) electrons. The lowest BCUT2D eigenvalue weighted by Crippen LogP contribution is -2.34. The van der Waals surface area contributed by atoms with E-state index in [-0.39, 0.29) is 11.2 Å². The molecule has 0 aromatic heterocycles. The largest absolute Gasteiger partial charge is 0.319 e. The predicted molar refractivity (Wildman–Crippen MR) is 98.9 cm³/mol. The summed E-state index contributed by atoms with van der Waals surface area (Å²) in [5, 5.41) is 3.67. The first kappa shape index (κ1) is 19.4. The fraction of sp³-hybridized carbons (Fsp3) is 0.632. The molecule has 1 atom stereocenters. The van der Waals surface area contributed by atoms with Gasteiger partial charge < -0.3 is 5.32 Å². The first-order valence-corrected chi connectivity index (χ1v) is 9.18. The van der Waals surface area contributed by atoms with Crippen molar-refractivity contribution >= 4 is 21.7 Å². The molecular weight excluding hydrogens is 338 g/mol. The normalized spacial score (nSPS) is 14.6. The van der Waals surface area contributed by atoms with E-state index < -0.39 is 5.41 Å². The minimum atomic E-state index is -0.398. The molecule has 1 unspecified atom stereocenters. The second kappa shape index (κ2) is 8.26. The quantitative estimate of drug-likeness (QED) is 0.644. The maximum Gasteiger partial charge on any atom is 0.153 e. The van der Waals surface area contributed by atoms with Gasteiger partial charge in [-0.15, -0.1) is 0 Å². The van der Waals surface area contributed by atoms with Gasteiger partial charge in [0.1, 0.15) is 0 Å². The number of rotatable bonds is 9. The molecule has 0 amide bonds. The zero-order valence-electron chi connectivity index (χ0n) is 14.6. The Morgan fingerprint density at radius 1 is 1.23 bits per heavy atom. The monoisotopic (exact) mass is 367 g/mol. The summed E-state index contributed by atoms with van der Waals surface area (Å²) in [7, 11) is 1.99. The topological polar surface area (TPSA) is 29.1 Å². The fourth-order valence-corrected chi connectivity index (χ4v) is 3.69. The smallest absolute Gasteiger partial charge is 0.153 e. The van der Waals surface area contributed by atoms with E-state index in [1.807, 2.05) is 7.05 Å². The average molecular weight is 368 g/mol. The molecule has 0 bridgehead atoms.